The van der Waals surface area contributed by atoms with Gasteiger partial charge in [-0.05, 0) is 44.9 Å². The summed E-state index contributed by atoms with van der Waals surface area (Å²) in [7, 11) is 0. The Morgan fingerprint density at radius 1 is 0.390 bits per heavy atom. The molecule has 0 fully saturated rings. The van der Waals surface area contributed by atoms with Crippen LogP contribution >= 0.6 is 0 Å². The molecule has 0 saturated carbocycles. The van der Waals surface area contributed by atoms with Gasteiger partial charge in [-0.3, -0.25) is 4.79 Å². The van der Waals surface area contributed by atoms with Crippen LogP contribution in [0.15, 0.2) is 36.5 Å². The van der Waals surface area contributed by atoms with Crippen molar-refractivity contribution in [2.75, 3.05) is 6.61 Å². The number of allylic oxidation sites excluding steroid dienone is 5. The number of amides is 1. The quantitative estimate of drug-likeness (QED) is 0.0423. The van der Waals surface area contributed by atoms with Gasteiger partial charge in [-0.2, -0.15) is 0 Å². The van der Waals surface area contributed by atoms with E-state index in [2.05, 4.69) is 43.5 Å². The van der Waals surface area contributed by atoms with Crippen LogP contribution in [-0.2, 0) is 4.79 Å². The highest BCUT2D eigenvalue weighted by atomic mass is 16.3. The summed E-state index contributed by atoms with van der Waals surface area (Å²) in [5.41, 5.74) is 0. The molecule has 3 N–H and O–H groups in total. The molecule has 0 aromatic carbocycles. The maximum absolute atomic E-state index is 12.4. The van der Waals surface area contributed by atoms with Crippen molar-refractivity contribution in [2.24, 2.45) is 0 Å². The summed E-state index contributed by atoms with van der Waals surface area (Å²) in [6.45, 7) is 4.33. The van der Waals surface area contributed by atoms with Gasteiger partial charge in [0.2, 0.25) is 5.91 Å². The smallest absolute Gasteiger partial charge is 0.220 e. The number of hydrogen-bond donors (Lipinski definition) is 3. The Bertz CT molecular complexity index is 897. The molecule has 4 nitrogen and oxygen atoms in total. The van der Waals surface area contributed by atoms with Crippen molar-refractivity contribution in [2.45, 2.75) is 302 Å². The molecule has 4 heteroatoms. The molecule has 0 aliphatic rings. The molecular weight excluding hydrogens is 723 g/mol. The predicted molar refractivity (Wildman–Crippen MR) is 262 cm³/mol. The number of rotatable bonds is 49. The molecule has 0 rings (SSSR count). The average Bonchev–Trinajstić information content (AvgIpc) is 3.24. The predicted octanol–water partition coefficient (Wildman–Crippen LogP) is 17.3. The highest BCUT2D eigenvalue weighted by molar-refractivity contribution is 5.76. The zero-order chi connectivity index (χ0) is 42.8. The van der Waals surface area contributed by atoms with Crippen LogP contribution in [0.5, 0.6) is 0 Å². The molecule has 0 aliphatic carbocycles. The summed E-state index contributed by atoms with van der Waals surface area (Å²) in [6.07, 6.45) is 68.7. The van der Waals surface area contributed by atoms with Crippen molar-refractivity contribution in [1.82, 2.24) is 5.32 Å². The highest BCUT2D eigenvalue weighted by Gasteiger charge is 2.17. The zero-order valence-corrected chi connectivity index (χ0v) is 40.0. The van der Waals surface area contributed by atoms with Gasteiger partial charge in [0.25, 0.3) is 0 Å². The van der Waals surface area contributed by atoms with Gasteiger partial charge in [-0.15, -0.1) is 0 Å². The van der Waals surface area contributed by atoms with Gasteiger partial charge in [0.05, 0.1) is 18.8 Å². The molecule has 0 heterocycles. The number of nitrogens with one attached hydrogen (secondary N) is 1. The van der Waals surface area contributed by atoms with Gasteiger partial charge in [0.15, 0.2) is 0 Å². The topological polar surface area (TPSA) is 69.6 Å². The van der Waals surface area contributed by atoms with Crippen LogP contribution in [0.2, 0.25) is 0 Å². The molecular formula is C55H105NO3. The first kappa shape index (κ1) is 57.6. The van der Waals surface area contributed by atoms with Crippen molar-refractivity contribution < 1.29 is 15.0 Å². The Morgan fingerprint density at radius 2 is 0.661 bits per heavy atom. The maximum atomic E-state index is 12.4. The zero-order valence-electron chi connectivity index (χ0n) is 40.0. The Balaban J connectivity index is 3.55. The lowest BCUT2D eigenvalue weighted by molar-refractivity contribution is -0.123. The van der Waals surface area contributed by atoms with E-state index < -0.39 is 12.1 Å². The van der Waals surface area contributed by atoms with E-state index in [1.54, 1.807) is 6.08 Å². The largest absolute Gasteiger partial charge is 0.394 e. The number of hydrogen-bond acceptors (Lipinski definition) is 3. The minimum absolute atomic E-state index is 0.0729. The second-order valence-corrected chi connectivity index (χ2v) is 18.3. The first-order valence-electron chi connectivity index (χ1n) is 26.7. The standard InChI is InChI=1S/C55H105NO3/c1-3-5-7-9-11-13-15-17-19-21-23-25-26-27-28-29-31-32-34-36-38-40-42-44-46-48-50-54(58)53(52-57)56-55(59)51-49-47-45-43-41-39-37-35-33-30-24-22-20-18-16-14-12-10-8-6-4-2/h32,34,40,42,48,50,53-54,57-58H,3-31,33,35-39,41,43-47,49,51-52H2,1-2H3,(H,56,59)/b34-32+,42-40+,50-48+. The van der Waals surface area contributed by atoms with Crippen LogP contribution in [0.4, 0.5) is 0 Å². The number of carbonyl (C=O) groups excluding carboxylic acids is 1. The van der Waals surface area contributed by atoms with Crippen molar-refractivity contribution in [3.8, 4) is 0 Å². The fourth-order valence-electron chi connectivity index (χ4n) is 8.27. The van der Waals surface area contributed by atoms with Gasteiger partial charge in [0, 0.05) is 6.42 Å². The molecule has 1 amide bonds. The van der Waals surface area contributed by atoms with Crippen LogP contribution in [0.25, 0.3) is 0 Å². The van der Waals surface area contributed by atoms with Crippen molar-refractivity contribution in [3.63, 3.8) is 0 Å². The Labute approximate surface area is 370 Å². The summed E-state index contributed by atoms with van der Waals surface area (Å²) in [5.74, 6) is -0.0729. The highest BCUT2D eigenvalue weighted by Crippen LogP contribution is 2.17. The molecule has 0 radical (unpaired) electrons. The van der Waals surface area contributed by atoms with Crippen LogP contribution < -0.4 is 5.32 Å². The summed E-state index contributed by atoms with van der Waals surface area (Å²) < 4.78 is 0. The molecule has 0 bridgehead atoms. The van der Waals surface area contributed by atoms with Crippen LogP contribution in [0.3, 0.4) is 0 Å². The second kappa shape index (κ2) is 51.0. The first-order valence-corrected chi connectivity index (χ1v) is 26.7. The lowest BCUT2D eigenvalue weighted by atomic mass is 10.0. The van der Waals surface area contributed by atoms with Crippen LogP contribution in [0.1, 0.15) is 290 Å². The van der Waals surface area contributed by atoms with Crippen molar-refractivity contribution in [1.29, 1.82) is 0 Å². The fraction of sp³-hybridized carbons (Fsp3) is 0.873. The summed E-state index contributed by atoms with van der Waals surface area (Å²) in [6, 6.07) is -0.643. The molecule has 0 aliphatic heterocycles. The van der Waals surface area contributed by atoms with Gasteiger partial charge in [-0.1, -0.05) is 275 Å². The van der Waals surface area contributed by atoms with E-state index in [0.29, 0.717) is 6.42 Å². The Hall–Kier alpha value is -1.39. The third-order valence-corrected chi connectivity index (χ3v) is 12.4. The Kier molecular flexibility index (Phi) is 49.8. The van der Waals surface area contributed by atoms with Gasteiger partial charge < -0.3 is 15.5 Å². The minimum atomic E-state index is -0.868. The molecule has 2 atom stereocenters. The van der Waals surface area contributed by atoms with Gasteiger partial charge in [0.1, 0.15) is 0 Å². The first-order chi connectivity index (χ1) is 29.2. The van der Waals surface area contributed by atoms with Crippen LogP contribution in [0, 0.1) is 0 Å². The molecule has 348 valence electrons. The van der Waals surface area contributed by atoms with E-state index in [9.17, 15) is 15.0 Å². The summed E-state index contributed by atoms with van der Waals surface area (Å²) in [5, 5.41) is 23.1. The summed E-state index contributed by atoms with van der Waals surface area (Å²) >= 11 is 0. The van der Waals surface area contributed by atoms with Gasteiger partial charge in [-0.25, -0.2) is 0 Å². The number of aliphatic hydroxyl groups excluding tert-OH is 2. The molecule has 59 heavy (non-hydrogen) atoms. The molecule has 0 aromatic rings. The molecule has 0 saturated heterocycles. The average molecular weight is 828 g/mol. The minimum Gasteiger partial charge on any atom is -0.394 e. The molecule has 0 spiro atoms. The van der Waals surface area contributed by atoms with Gasteiger partial charge >= 0.3 is 0 Å². The normalized spacial score (nSPS) is 13.1. The van der Waals surface area contributed by atoms with E-state index in [4.69, 9.17) is 0 Å². The van der Waals surface area contributed by atoms with Crippen LogP contribution in [-0.4, -0.2) is 34.9 Å². The third kappa shape index (κ3) is 47.5. The number of carbonyl (C=O) groups is 1. The molecule has 2 unspecified atom stereocenters. The maximum Gasteiger partial charge on any atom is 0.220 e. The second-order valence-electron chi connectivity index (χ2n) is 18.3. The number of aliphatic hydroxyl groups is 2. The van der Waals surface area contributed by atoms with E-state index in [0.717, 1.165) is 38.5 Å². The van der Waals surface area contributed by atoms with Crippen molar-refractivity contribution in [3.05, 3.63) is 36.5 Å². The molecule has 0 aromatic heterocycles. The summed E-state index contributed by atoms with van der Waals surface area (Å²) in [4.78, 5) is 12.4. The van der Waals surface area contributed by atoms with E-state index in [-0.39, 0.29) is 12.5 Å². The lowest BCUT2D eigenvalue weighted by Gasteiger charge is -2.19. The van der Waals surface area contributed by atoms with E-state index in [1.165, 1.54) is 231 Å². The fourth-order valence-corrected chi connectivity index (χ4v) is 8.27. The van der Waals surface area contributed by atoms with Crippen molar-refractivity contribution >= 4 is 5.91 Å². The lowest BCUT2D eigenvalue weighted by Crippen LogP contribution is -2.45. The Morgan fingerprint density at radius 3 is 0.983 bits per heavy atom. The monoisotopic (exact) mass is 828 g/mol. The van der Waals surface area contributed by atoms with E-state index in [1.807, 2.05) is 6.08 Å². The number of unbranched alkanes of at least 4 members (excludes halogenated alkanes) is 38. The SMILES string of the molecule is CCCCCCCCCCCCCCCCCC/C=C/CC/C=C/CC/C=C/C(O)C(CO)NC(=O)CCCCCCCCCCCCCCCCCCCCCCC. The third-order valence-electron chi connectivity index (χ3n) is 12.4. The van der Waals surface area contributed by atoms with E-state index >= 15 is 0 Å².